The van der Waals surface area contributed by atoms with E-state index in [4.69, 9.17) is 27.9 Å². The van der Waals surface area contributed by atoms with Gasteiger partial charge in [-0.1, -0.05) is 23.2 Å². The lowest BCUT2D eigenvalue weighted by molar-refractivity contribution is -0.0746. The second-order valence-corrected chi connectivity index (χ2v) is 9.76. The normalized spacial score (nSPS) is 17.1. The molecule has 0 spiro atoms. The average Bonchev–Trinajstić information content (AvgIpc) is 3.11. The van der Waals surface area contributed by atoms with Gasteiger partial charge >= 0.3 is 0 Å². The highest BCUT2D eigenvalue weighted by Gasteiger charge is 2.32. The molecule has 0 atom stereocenters. The number of ether oxygens (including phenoxy) is 1. The van der Waals surface area contributed by atoms with Crippen LogP contribution in [0.25, 0.3) is 10.9 Å². The molecule has 7 nitrogen and oxygen atoms in total. The standard InChI is InChI=1S/C25H25Cl2N5O2/c1-15-7-16(11-28)8-22-19(15)9-17(30(22)2)10-20-21(26)12-29-24(23(20)27)25(33)32-5-3-31(4-6-32)18-13-34-14-18/h7-9,12,18H,3-6,10,13-14H2,1-2H3. The van der Waals surface area contributed by atoms with E-state index in [1.54, 1.807) is 0 Å². The summed E-state index contributed by atoms with van der Waals surface area (Å²) in [6.07, 6.45) is 1.96. The Kier molecular flexibility index (Phi) is 6.26. The van der Waals surface area contributed by atoms with Crippen LogP contribution in [0, 0.1) is 18.3 Å². The van der Waals surface area contributed by atoms with Gasteiger partial charge < -0.3 is 14.2 Å². The largest absolute Gasteiger partial charge is 0.378 e. The van der Waals surface area contributed by atoms with Crippen molar-refractivity contribution >= 4 is 40.0 Å². The van der Waals surface area contributed by atoms with Crippen LogP contribution in [0.15, 0.2) is 24.4 Å². The van der Waals surface area contributed by atoms with Crippen molar-refractivity contribution < 1.29 is 9.53 Å². The van der Waals surface area contributed by atoms with Crippen LogP contribution in [0.3, 0.4) is 0 Å². The number of carbonyl (C=O) groups is 1. The van der Waals surface area contributed by atoms with Gasteiger partial charge in [0.2, 0.25) is 0 Å². The number of benzene rings is 1. The zero-order valence-electron chi connectivity index (χ0n) is 19.1. The molecule has 0 unspecified atom stereocenters. The van der Waals surface area contributed by atoms with Gasteiger partial charge in [-0.2, -0.15) is 5.26 Å². The molecule has 2 aliphatic rings. The van der Waals surface area contributed by atoms with Gasteiger partial charge in [0, 0.05) is 62.4 Å². The summed E-state index contributed by atoms with van der Waals surface area (Å²) >= 11 is 13.3. The highest BCUT2D eigenvalue weighted by atomic mass is 35.5. The first-order valence-corrected chi connectivity index (χ1v) is 12.1. The number of aryl methyl sites for hydroxylation is 2. The molecule has 176 valence electrons. The molecule has 2 aliphatic heterocycles. The lowest BCUT2D eigenvalue weighted by Crippen LogP contribution is -2.57. The van der Waals surface area contributed by atoms with Crippen molar-refractivity contribution in [1.29, 1.82) is 5.26 Å². The Morgan fingerprint density at radius 1 is 1.21 bits per heavy atom. The third kappa shape index (κ3) is 4.05. The fraction of sp³-hybridized carbons (Fsp3) is 0.400. The van der Waals surface area contributed by atoms with E-state index in [2.05, 4.69) is 22.0 Å². The number of amides is 1. The fourth-order valence-corrected chi connectivity index (χ4v) is 5.32. The third-order valence-corrected chi connectivity index (χ3v) is 7.70. The summed E-state index contributed by atoms with van der Waals surface area (Å²) in [5.74, 6) is -0.168. The molecule has 0 radical (unpaired) electrons. The summed E-state index contributed by atoms with van der Waals surface area (Å²) < 4.78 is 7.33. The number of nitriles is 1. The van der Waals surface area contributed by atoms with Crippen LogP contribution in [0.2, 0.25) is 10.0 Å². The molecular formula is C25H25Cl2N5O2. The number of hydrogen-bond donors (Lipinski definition) is 0. The maximum absolute atomic E-state index is 13.3. The second-order valence-electron chi connectivity index (χ2n) is 8.98. The molecule has 1 amide bonds. The summed E-state index contributed by atoms with van der Waals surface area (Å²) in [4.78, 5) is 21.8. The summed E-state index contributed by atoms with van der Waals surface area (Å²) in [5, 5.41) is 11.1. The predicted molar refractivity (Wildman–Crippen MR) is 132 cm³/mol. The number of nitrogens with zero attached hydrogens (tertiary/aromatic N) is 5. The summed E-state index contributed by atoms with van der Waals surface area (Å²) in [6, 6.07) is 8.53. The Balaban J connectivity index is 1.41. The van der Waals surface area contributed by atoms with Crippen molar-refractivity contribution in [2.24, 2.45) is 7.05 Å². The third-order valence-electron chi connectivity index (χ3n) is 6.96. The lowest BCUT2D eigenvalue weighted by Gasteiger charge is -2.42. The quantitative estimate of drug-likeness (QED) is 0.547. The lowest BCUT2D eigenvalue weighted by atomic mass is 10.1. The van der Waals surface area contributed by atoms with Gasteiger partial charge in [0.15, 0.2) is 0 Å². The maximum atomic E-state index is 13.3. The van der Waals surface area contributed by atoms with E-state index >= 15 is 0 Å². The van der Waals surface area contributed by atoms with Crippen molar-refractivity contribution in [3.05, 3.63) is 62.5 Å². The molecule has 2 aromatic heterocycles. The Morgan fingerprint density at radius 3 is 2.59 bits per heavy atom. The molecule has 3 aromatic rings. The second kappa shape index (κ2) is 9.20. The van der Waals surface area contributed by atoms with E-state index in [1.165, 1.54) is 6.20 Å². The number of hydrogen-bond acceptors (Lipinski definition) is 5. The van der Waals surface area contributed by atoms with Crippen LogP contribution < -0.4 is 0 Å². The van der Waals surface area contributed by atoms with E-state index in [9.17, 15) is 10.1 Å². The number of aromatic nitrogens is 2. The summed E-state index contributed by atoms with van der Waals surface area (Å²) in [5.41, 5.74) is 4.53. The van der Waals surface area contributed by atoms with E-state index in [-0.39, 0.29) is 11.6 Å². The predicted octanol–water partition coefficient (Wildman–Crippen LogP) is 3.81. The first-order valence-electron chi connectivity index (χ1n) is 11.3. The average molecular weight is 498 g/mol. The van der Waals surface area contributed by atoms with Crippen molar-refractivity contribution in [2.45, 2.75) is 19.4 Å². The van der Waals surface area contributed by atoms with Crippen LogP contribution >= 0.6 is 23.2 Å². The van der Waals surface area contributed by atoms with Crippen LogP contribution in [0.1, 0.15) is 32.9 Å². The topological polar surface area (TPSA) is 74.4 Å². The smallest absolute Gasteiger partial charge is 0.274 e. The van der Waals surface area contributed by atoms with Crippen LogP contribution in [-0.4, -0.2) is 70.7 Å². The van der Waals surface area contributed by atoms with Gasteiger partial charge in [-0.15, -0.1) is 0 Å². The molecule has 2 fully saturated rings. The minimum absolute atomic E-state index is 0.168. The van der Waals surface area contributed by atoms with Crippen molar-refractivity contribution in [3.63, 3.8) is 0 Å². The highest BCUT2D eigenvalue weighted by Crippen LogP contribution is 2.32. The molecule has 5 rings (SSSR count). The molecule has 2 saturated heterocycles. The number of fused-ring (bicyclic) bond motifs is 1. The zero-order chi connectivity index (χ0) is 24.0. The minimum atomic E-state index is -0.168. The molecule has 1 aromatic carbocycles. The van der Waals surface area contributed by atoms with Crippen molar-refractivity contribution in [2.75, 3.05) is 39.4 Å². The molecule has 34 heavy (non-hydrogen) atoms. The SMILES string of the molecule is Cc1cc(C#N)cc2c1cc(Cc1c(Cl)cnc(C(=O)N3CCN(C4COC4)CC3)c1Cl)n2C. The Bertz CT molecular complexity index is 1320. The zero-order valence-corrected chi connectivity index (χ0v) is 20.7. The Morgan fingerprint density at radius 2 is 1.94 bits per heavy atom. The van der Waals surface area contributed by atoms with Crippen LogP contribution in [-0.2, 0) is 18.2 Å². The minimum Gasteiger partial charge on any atom is -0.378 e. The first kappa shape index (κ1) is 23.1. The molecule has 0 aliphatic carbocycles. The van der Waals surface area contributed by atoms with Crippen LogP contribution in [0.4, 0.5) is 0 Å². The van der Waals surface area contributed by atoms with Crippen molar-refractivity contribution in [1.82, 2.24) is 19.4 Å². The monoisotopic (exact) mass is 497 g/mol. The van der Waals surface area contributed by atoms with Crippen molar-refractivity contribution in [3.8, 4) is 6.07 Å². The number of carbonyl (C=O) groups excluding carboxylic acids is 1. The molecule has 0 saturated carbocycles. The maximum Gasteiger partial charge on any atom is 0.274 e. The van der Waals surface area contributed by atoms with E-state index < -0.39 is 0 Å². The van der Waals surface area contributed by atoms with Gasteiger partial charge in [-0.05, 0) is 36.2 Å². The molecule has 0 N–H and O–H groups in total. The van der Waals surface area contributed by atoms with E-state index in [1.807, 2.05) is 35.6 Å². The summed E-state index contributed by atoms with van der Waals surface area (Å²) in [7, 11) is 1.96. The van der Waals surface area contributed by atoms with Gasteiger partial charge in [0.05, 0.1) is 40.9 Å². The fourth-order valence-electron chi connectivity index (χ4n) is 4.77. The Hall–Kier alpha value is -2.63. The van der Waals surface area contributed by atoms with Gasteiger partial charge in [-0.25, -0.2) is 4.98 Å². The van der Waals surface area contributed by atoms with Gasteiger partial charge in [0.25, 0.3) is 5.91 Å². The number of piperazine rings is 1. The number of pyridine rings is 1. The van der Waals surface area contributed by atoms with E-state index in [0.717, 1.165) is 48.5 Å². The van der Waals surface area contributed by atoms with Gasteiger partial charge in [0.1, 0.15) is 5.69 Å². The molecular weight excluding hydrogens is 473 g/mol. The first-order chi connectivity index (χ1) is 16.4. The summed E-state index contributed by atoms with van der Waals surface area (Å²) in [6.45, 7) is 6.44. The van der Waals surface area contributed by atoms with Gasteiger partial charge in [-0.3, -0.25) is 9.69 Å². The number of halogens is 2. The molecule has 4 heterocycles. The van der Waals surface area contributed by atoms with E-state index in [0.29, 0.717) is 46.7 Å². The molecule has 0 bridgehead atoms. The van der Waals surface area contributed by atoms with Crippen LogP contribution in [0.5, 0.6) is 0 Å². The number of rotatable bonds is 4. The highest BCUT2D eigenvalue weighted by molar-refractivity contribution is 6.37. The Labute approximate surface area is 208 Å². The molecule has 9 heteroatoms.